The molecule has 1 aliphatic heterocycles. The Labute approximate surface area is 201 Å². The van der Waals surface area contributed by atoms with Crippen LogP contribution in [-0.2, 0) is 22.6 Å². The number of carbonyl (C=O) groups excluding carboxylic acids is 2. The Balaban J connectivity index is 1.57. The van der Waals surface area contributed by atoms with Gasteiger partial charge in [0.2, 0.25) is 0 Å². The van der Waals surface area contributed by atoms with Crippen LogP contribution in [0.1, 0.15) is 41.3 Å². The van der Waals surface area contributed by atoms with Crippen LogP contribution in [0.15, 0.2) is 53.4 Å². The summed E-state index contributed by atoms with van der Waals surface area (Å²) in [7, 11) is -4.15. The van der Waals surface area contributed by atoms with Crippen molar-refractivity contribution in [3.8, 4) is 0 Å². The molecule has 2 aromatic carbocycles. The summed E-state index contributed by atoms with van der Waals surface area (Å²) in [5, 5.41) is 4.09. The molecular weight excluding hydrogens is 485 g/mol. The van der Waals surface area contributed by atoms with E-state index >= 15 is 0 Å². The Bertz CT molecular complexity index is 1160. The van der Waals surface area contributed by atoms with Gasteiger partial charge in [0.1, 0.15) is 0 Å². The molecule has 0 bridgehead atoms. The van der Waals surface area contributed by atoms with Gasteiger partial charge in [-0.25, -0.2) is 22.9 Å². The maximum atomic E-state index is 13.1. The van der Waals surface area contributed by atoms with Crippen molar-refractivity contribution in [2.75, 3.05) is 19.6 Å². The number of piperidine rings is 1. The maximum Gasteiger partial charge on any atom is 0.417 e. The lowest BCUT2D eigenvalue weighted by atomic mass is 10.0. The summed E-state index contributed by atoms with van der Waals surface area (Å²) in [5.74, 6) is -0.334. The topological polar surface area (TPSA) is 108 Å². The SMILES string of the molecule is CC1CCN(NC(=O)NS(=O)(=O)c2cccc(CCNC(=O)c3ccccc3C(F)(F)F)c2)CC1. The van der Waals surface area contributed by atoms with Crippen LogP contribution < -0.4 is 15.5 Å². The minimum Gasteiger partial charge on any atom is -0.352 e. The highest BCUT2D eigenvalue weighted by atomic mass is 32.2. The zero-order valence-electron chi connectivity index (χ0n) is 19.1. The monoisotopic (exact) mass is 512 g/mol. The van der Waals surface area contributed by atoms with Gasteiger partial charge in [-0.15, -0.1) is 0 Å². The van der Waals surface area contributed by atoms with Gasteiger partial charge in [-0.2, -0.15) is 13.2 Å². The van der Waals surface area contributed by atoms with E-state index in [2.05, 4.69) is 17.7 Å². The van der Waals surface area contributed by atoms with E-state index in [0.717, 1.165) is 25.0 Å². The molecule has 8 nitrogen and oxygen atoms in total. The van der Waals surface area contributed by atoms with Crippen LogP contribution in [0.3, 0.4) is 0 Å². The van der Waals surface area contributed by atoms with Crippen molar-refractivity contribution in [3.05, 3.63) is 65.2 Å². The Kier molecular flexibility index (Phi) is 8.39. The molecule has 1 heterocycles. The molecule has 35 heavy (non-hydrogen) atoms. The number of amides is 3. The van der Waals surface area contributed by atoms with E-state index in [4.69, 9.17) is 0 Å². The number of alkyl halides is 3. The average molecular weight is 513 g/mol. The number of nitrogens with one attached hydrogen (secondary N) is 3. The number of rotatable bonds is 7. The van der Waals surface area contributed by atoms with Crippen LogP contribution in [0.25, 0.3) is 0 Å². The molecule has 190 valence electrons. The highest BCUT2D eigenvalue weighted by Gasteiger charge is 2.34. The number of benzene rings is 2. The predicted octanol–water partition coefficient (Wildman–Crippen LogP) is 3.31. The number of halogens is 3. The minimum atomic E-state index is -4.66. The third-order valence-electron chi connectivity index (χ3n) is 5.66. The summed E-state index contributed by atoms with van der Waals surface area (Å²) in [5.41, 5.74) is 1.53. The molecule has 0 saturated carbocycles. The highest BCUT2D eigenvalue weighted by Crippen LogP contribution is 2.31. The number of hydrogen-bond acceptors (Lipinski definition) is 5. The molecule has 0 aromatic heterocycles. The van der Waals surface area contributed by atoms with E-state index < -0.39 is 39.3 Å². The van der Waals surface area contributed by atoms with Gasteiger partial charge in [0.05, 0.1) is 16.0 Å². The van der Waals surface area contributed by atoms with Crippen LogP contribution >= 0.6 is 0 Å². The summed E-state index contributed by atoms with van der Waals surface area (Å²) < 4.78 is 66.6. The first-order valence-corrected chi connectivity index (χ1v) is 12.6. The van der Waals surface area contributed by atoms with Crippen molar-refractivity contribution >= 4 is 22.0 Å². The predicted molar refractivity (Wildman–Crippen MR) is 123 cm³/mol. The smallest absolute Gasteiger partial charge is 0.352 e. The first kappa shape index (κ1) is 26.5. The molecule has 12 heteroatoms. The van der Waals surface area contributed by atoms with E-state index in [-0.39, 0.29) is 17.9 Å². The van der Waals surface area contributed by atoms with Gasteiger partial charge >= 0.3 is 12.2 Å². The maximum absolute atomic E-state index is 13.1. The summed E-state index contributed by atoms with van der Waals surface area (Å²) in [6, 6.07) is 9.36. The summed E-state index contributed by atoms with van der Waals surface area (Å²) >= 11 is 0. The Morgan fingerprint density at radius 3 is 2.43 bits per heavy atom. The van der Waals surface area contributed by atoms with E-state index in [1.807, 2.05) is 4.72 Å². The van der Waals surface area contributed by atoms with Crippen LogP contribution in [0.5, 0.6) is 0 Å². The molecule has 1 fully saturated rings. The zero-order chi connectivity index (χ0) is 25.6. The molecular formula is C23H27F3N4O4S. The van der Waals surface area contributed by atoms with E-state index in [1.165, 1.54) is 30.3 Å². The van der Waals surface area contributed by atoms with Gasteiger partial charge < -0.3 is 5.32 Å². The van der Waals surface area contributed by atoms with Gasteiger partial charge in [-0.05, 0) is 55.0 Å². The van der Waals surface area contributed by atoms with Gasteiger partial charge in [0.15, 0.2) is 0 Å². The van der Waals surface area contributed by atoms with Crippen molar-refractivity contribution in [1.29, 1.82) is 0 Å². The Morgan fingerprint density at radius 2 is 1.74 bits per heavy atom. The van der Waals surface area contributed by atoms with Gasteiger partial charge in [0, 0.05) is 19.6 Å². The van der Waals surface area contributed by atoms with Crippen LogP contribution in [0.2, 0.25) is 0 Å². The van der Waals surface area contributed by atoms with E-state index in [0.29, 0.717) is 24.6 Å². The molecule has 1 saturated heterocycles. The summed E-state index contributed by atoms with van der Waals surface area (Å²) in [6.07, 6.45) is -2.70. The lowest BCUT2D eigenvalue weighted by Gasteiger charge is -2.30. The van der Waals surface area contributed by atoms with Crippen LogP contribution in [0, 0.1) is 5.92 Å². The van der Waals surface area contributed by atoms with Crippen LogP contribution in [-0.4, -0.2) is 45.0 Å². The van der Waals surface area contributed by atoms with Crippen molar-refractivity contribution < 1.29 is 31.2 Å². The van der Waals surface area contributed by atoms with Crippen molar-refractivity contribution in [2.24, 2.45) is 5.92 Å². The second-order valence-electron chi connectivity index (χ2n) is 8.41. The third kappa shape index (κ3) is 7.43. The number of hydrogen-bond donors (Lipinski definition) is 3. The second-order valence-corrected chi connectivity index (χ2v) is 10.1. The standard InChI is InChI=1S/C23H27F3N4O4S/c1-16-10-13-30(14-11-16)28-22(32)29-35(33,34)18-6-4-5-17(15-18)9-12-27-21(31)19-7-2-3-8-20(19)23(24,25)26/h2-8,15-16H,9-14H2,1H3,(H,27,31)(H2,28,29,32). The molecule has 0 spiro atoms. The first-order chi connectivity index (χ1) is 16.5. The van der Waals surface area contributed by atoms with Crippen LogP contribution in [0.4, 0.5) is 18.0 Å². The summed E-state index contributed by atoms with van der Waals surface area (Å²) in [4.78, 5) is 24.3. The zero-order valence-corrected chi connectivity index (χ0v) is 19.9. The number of sulfonamides is 1. The van der Waals surface area contributed by atoms with Crippen molar-refractivity contribution in [3.63, 3.8) is 0 Å². The molecule has 3 rings (SSSR count). The highest BCUT2D eigenvalue weighted by molar-refractivity contribution is 7.90. The minimum absolute atomic E-state index is 0.0180. The quantitative estimate of drug-likeness (QED) is 0.528. The van der Waals surface area contributed by atoms with Gasteiger partial charge in [0.25, 0.3) is 15.9 Å². The fraction of sp³-hybridized carbons (Fsp3) is 0.391. The Morgan fingerprint density at radius 1 is 1.06 bits per heavy atom. The van der Waals surface area contributed by atoms with Gasteiger partial charge in [-0.3, -0.25) is 10.2 Å². The lowest BCUT2D eigenvalue weighted by molar-refractivity contribution is -0.137. The lowest BCUT2D eigenvalue weighted by Crippen LogP contribution is -2.51. The second kappa shape index (κ2) is 11.1. The number of nitrogens with zero attached hydrogens (tertiary/aromatic N) is 1. The molecule has 3 amide bonds. The van der Waals surface area contributed by atoms with E-state index in [9.17, 15) is 31.2 Å². The normalized spacial score (nSPS) is 15.4. The molecule has 3 N–H and O–H groups in total. The third-order valence-corrected chi connectivity index (χ3v) is 6.98. The largest absolute Gasteiger partial charge is 0.417 e. The van der Waals surface area contributed by atoms with Crippen molar-refractivity contribution in [1.82, 2.24) is 20.5 Å². The fourth-order valence-corrected chi connectivity index (χ4v) is 4.65. The molecule has 1 aliphatic rings. The molecule has 0 unspecified atom stereocenters. The average Bonchev–Trinajstić information content (AvgIpc) is 2.80. The first-order valence-electron chi connectivity index (χ1n) is 11.1. The van der Waals surface area contributed by atoms with Crippen molar-refractivity contribution in [2.45, 2.75) is 37.3 Å². The Hall–Kier alpha value is -3.12. The number of urea groups is 1. The van der Waals surface area contributed by atoms with E-state index in [1.54, 1.807) is 11.1 Å². The van der Waals surface area contributed by atoms with Gasteiger partial charge in [-0.1, -0.05) is 31.2 Å². The fourth-order valence-electron chi connectivity index (χ4n) is 3.68. The summed E-state index contributed by atoms with van der Waals surface area (Å²) in [6.45, 7) is 3.35. The molecule has 2 aromatic rings. The molecule has 0 aliphatic carbocycles. The molecule has 0 atom stereocenters. The number of carbonyl (C=O) groups is 2. The molecule has 0 radical (unpaired) electrons. The number of hydrazine groups is 1.